The van der Waals surface area contributed by atoms with Crippen molar-refractivity contribution in [2.75, 3.05) is 26.2 Å². The smallest absolute Gasteiger partial charge is 0.315 e. The lowest BCUT2D eigenvalue weighted by atomic mass is 10.1. The van der Waals surface area contributed by atoms with Crippen molar-refractivity contribution < 1.29 is 9.90 Å². The summed E-state index contributed by atoms with van der Waals surface area (Å²) in [7, 11) is 0. The quantitative estimate of drug-likeness (QED) is 0.744. The lowest BCUT2D eigenvalue weighted by molar-refractivity contribution is 0.199. The summed E-state index contributed by atoms with van der Waals surface area (Å²) in [6.45, 7) is 7.46. The second-order valence-electron chi connectivity index (χ2n) is 5.74. The van der Waals surface area contributed by atoms with Crippen molar-refractivity contribution in [2.45, 2.75) is 32.9 Å². The van der Waals surface area contributed by atoms with Gasteiger partial charge in [0.2, 0.25) is 0 Å². The number of nitrogens with one attached hydrogen (secondary N) is 2. The van der Waals surface area contributed by atoms with E-state index in [-0.39, 0.29) is 24.6 Å². The zero-order valence-electron chi connectivity index (χ0n) is 12.8. The van der Waals surface area contributed by atoms with Gasteiger partial charge in [-0.05, 0) is 36.3 Å². The summed E-state index contributed by atoms with van der Waals surface area (Å²) in [5.41, 5.74) is 1.43. The molecule has 0 saturated heterocycles. The number of amides is 2. The largest absolute Gasteiger partial charge is 0.396 e. The molecule has 1 aliphatic heterocycles. The van der Waals surface area contributed by atoms with Crippen molar-refractivity contribution in [1.29, 1.82) is 0 Å². The maximum atomic E-state index is 11.8. The van der Waals surface area contributed by atoms with E-state index in [0.29, 0.717) is 6.54 Å². The molecule has 6 heteroatoms. The van der Waals surface area contributed by atoms with Gasteiger partial charge in [0, 0.05) is 43.7 Å². The molecule has 21 heavy (non-hydrogen) atoms. The van der Waals surface area contributed by atoms with E-state index in [9.17, 15) is 4.79 Å². The minimum absolute atomic E-state index is 0.0293. The van der Waals surface area contributed by atoms with Crippen molar-refractivity contribution in [3.05, 3.63) is 21.9 Å². The molecule has 5 nitrogen and oxygen atoms in total. The predicted octanol–water partition coefficient (Wildman–Crippen LogP) is 1.42. The van der Waals surface area contributed by atoms with E-state index in [1.54, 1.807) is 0 Å². The Hall–Kier alpha value is -1.11. The zero-order chi connectivity index (χ0) is 15.2. The monoisotopic (exact) mass is 311 g/mol. The number of aliphatic hydroxyl groups is 1. The highest BCUT2D eigenvalue weighted by Gasteiger charge is 2.17. The van der Waals surface area contributed by atoms with Crippen LogP contribution < -0.4 is 10.6 Å². The van der Waals surface area contributed by atoms with Gasteiger partial charge in [0.1, 0.15) is 0 Å². The molecule has 0 saturated carbocycles. The molecule has 0 radical (unpaired) electrons. The molecular weight excluding hydrogens is 286 g/mol. The van der Waals surface area contributed by atoms with Crippen LogP contribution in [0.1, 0.15) is 24.3 Å². The van der Waals surface area contributed by atoms with E-state index >= 15 is 0 Å². The third kappa shape index (κ3) is 4.69. The van der Waals surface area contributed by atoms with Gasteiger partial charge in [-0.25, -0.2) is 4.79 Å². The van der Waals surface area contributed by atoms with Crippen LogP contribution in [0.15, 0.2) is 11.4 Å². The Morgan fingerprint density at radius 2 is 2.33 bits per heavy atom. The standard InChI is InChI=1S/C15H25N3O2S/c1-11(10-19)12(2)17-15(20)16-5-7-18-6-3-14-13(9-18)4-8-21-14/h4,8,11-12,19H,3,5-7,9-10H2,1-2H3,(H2,16,17,20). The van der Waals surface area contributed by atoms with Gasteiger partial charge >= 0.3 is 6.03 Å². The first kappa shape index (κ1) is 16.3. The summed E-state index contributed by atoms with van der Waals surface area (Å²) in [5.74, 6) is 0.0647. The molecule has 1 aliphatic rings. The summed E-state index contributed by atoms with van der Waals surface area (Å²) < 4.78 is 0. The van der Waals surface area contributed by atoms with Crippen LogP contribution in [0.2, 0.25) is 0 Å². The molecule has 2 atom stereocenters. The molecule has 0 fully saturated rings. The van der Waals surface area contributed by atoms with Gasteiger partial charge in [0.05, 0.1) is 0 Å². The van der Waals surface area contributed by atoms with E-state index < -0.39 is 0 Å². The molecule has 0 aliphatic carbocycles. The molecule has 2 amide bonds. The Kier molecular flexibility index (Phi) is 6.02. The van der Waals surface area contributed by atoms with Gasteiger partial charge in [0.15, 0.2) is 0 Å². The predicted molar refractivity (Wildman–Crippen MR) is 85.5 cm³/mol. The van der Waals surface area contributed by atoms with Gasteiger partial charge in [-0.3, -0.25) is 4.90 Å². The van der Waals surface area contributed by atoms with Crippen LogP contribution in [0.25, 0.3) is 0 Å². The minimum atomic E-state index is -0.156. The number of fused-ring (bicyclic) bond motifs is 1. The molecule has 0 aromatic carbocycles. The maximum Gasteiger partial charge on any atom is 0.315 e. The third-order valence-corrected chi connectivity index (χ3v) is 5.12. The highest BCUT2D eigenvalue weighted by Crippen LogP contribution is 2.23. The molecule has 0 spiro atoms. The van der Waals surface area contributed by atoms with Gasteiger partial charge in [-0.2, -0.15) is 0 Å². The van der Waals surface area contributed by atoms with E-state index in [0.717, 1.165) is 26.1 Å². The van der Waals surface area contributed by atoms with Crippen molar-refractivity contribution in [3.63, 3.8) is 0 Å². The Balaban J connectivity index is 1.65. The fraction of sp³-hybridized carbons (Fsp3) is 0.667. The Morgan fingerprint density at radius 3 is 3.10 bits per heavy atom. The number of rotatable bonds is 6. The first-order chi connectivity index (χ1) is 10.1. The Morgan fingerprint density at radius 1 is 1.52 bits per heavy atom. The minimum Gasteiger partial charge on any atom is -0.396 e. The molecule has 2 heterocycles. The summed E-state index contributed by atoms with van der Waals surface area (Å²) in [6.07, 6.45) is 1.12. The Bertz CT molecular complexity index is 464. The SMILES string of the molecule is CC(CO)C(C)NC(=O)NCCN1CCc2sccc2C1. The summed E-state index contributed by atoms with van der Waals surface area (Å²) in [6, 6.07) is 2.01. The van der Waals surface area contributed by atoms with Crippen molar-refractivity contribution in [1.82, 2.24) is 15.5 Å². The molecule has 0 bridgehead atoms. The number of carbonyl (C=O) groups is 1. The maximum absolute atomic E-state index is 11.8. The third-order valence-electron chi connectivity index (χ3n) is 4.10. The van der Waals surface area contributed by atoms with Crippen molar-refractivity contribution in [2.24, 2.45) is 5.92 Å². The van der Waals surface area contributed by atoms with Crippen LogP contribution >= 0.6 is 11.3 Å². The molecule has 1 aromatic heterocycles. The Labute approximate surface area is 130 Å². The average Bonchev–Trinajstić information content (AvgIpc) is 2.93. The highest BCUT2D eigenvalue weighted by molar-refractivity contribution is 7.10. The van der Waals surface area contributed by atoms with Crippen LogP contribution in [-0.2, 0) is 13.0 Å². The first-order valence-electron chi connectivity index (χ1n) is 7.53. The number of carbonyl (C=O) groups excluding carboxylic acids is 1. The molecule has 3 N–H and O–H groups in total. The summed E-state index contributed by atoms with van der Waals surface area (Å²) in [4.78, 5) is 15.6. The van der Waals surface area contributed by atoms with Crippen LogP contribution in [-0.4, -0.2) is 48.3 Å². The topological polar surface area (TPSA) is 64.6 Å². The van der Waals surface area contributed by atoms with Crippen LogP contribution in [0.3, 0.4) is 0 Å². The lowest BCUT2D eigenvalue weighted by Crippen LogP contribution is -2.46. The van der Waals surface area contributed by atoms with Crippen LogP contribution in [0.4, 0.5) is 4.79 Å². The average molecular weight is 311 g/mol. The number of aliphatic hydroxyl groups excluding tert-OH is 1. The van der Waals surface area contributed by atoms with Crippen LogP contribution in [0, 0.1) is 5.92 Å². The highest BCUT2D eigenvalue weighted by atomic mass is 32.1. The van der Waals surface area contributed by atoms with Crippen LogP contribution in [0.5, 0.6) is 0 Å². The summed E-state index contributed by atoms with van der Waals surface area (Å²) in [5, 5.41) is 16.9. The molecule has 1 aromatic rings. The molecule has 118 valence electrons. The van der Waals surface area contributed by atoms with Crippen molar-refractivity contribution in [3.8, 4) is 0 Å². The molecule has 2 rings (SSSR count). The molecule has 2 unspecified atom stereocenters. The van der Waals surface area contributed by atoms with Crippen molar-refractivity contribution >= 4 is 17.4 Å². The zero-order valence-corrected chi connectivity index (χ0v) is 13.6. The number of hydrogen-bond acceptors (Lipinski definition) is 4. The normalized spacial score (nSPS) is 17.9. The lowest BCUT2D eigenvalue weighted by Gasteiger charge is -2.27. The number of thiophene rings is 1. The number of hydrogen-bond donors (Lipinski definition) is 3. The number of urea groups is 1. The fourth-order valence-electron chi connectivity index (χ4n) is 2.38. The second kappa shape index (κ2) is 7.77. The van der Waals surface area contributed by atoms with E-state index in [1.165, 1.54) is 10.4 Å². The van der Waals surface area contributed by atoms with E-state index in [1.807, 2.05) is 25.2 Å². The fourth-order valence-corrected chi connectivity index (χ4v) is 3.27. The van der Waals surface area contributed by atoms with Gasteiger partial charge < -0.3 is 15.7 Å². The van der Waals surface area contributed by atoms with Gasteiger partial charge in [0.25, 0.3) is 0 Å². The van der Waals surface area contributed by atoms with Gasteiger partial charge in [-0.15, -0.1) is 11.3 Å². The number of nitrogens with zero attached hydrogens (tertiary/aromatic N) is 1. The summed E-state index contributed by atoms with van der Waals surface area (Å²) >= 11 is 1.84. The van der Waals surface area contributed by atoms with E-state index in [4.69, 9.17) is 5.11 Å². The first-order valence-corrected chi connectivity index (χ1v) is 8.41. The van der Waals surface area contributed by atoms with Gasteiger partial charge in [-0.1, -0.05) is 6.92 Å². The molecular formula is C15H25N3O2S. The second-order valence-corrected chi connectivity index (χ2v) is 6.74. The van der Waals surface area contributed by atoms with E-state index in [2.05, 4.69) is 27.0 Å².